The highest BCUT2D eigenvalue weighted by Crippen LogP contribution is 2.30. The van der Waals surface area contributed by atoms with Gasteiger partial charge in [0.25, 0.3) is 0 Å². The molecule has 13 heteroatoms. The number of hydrogen-bond acceptors (Lipinski definition) is 9. The average Bonchev–Trinajstić information content (AvgIpc) is 3.31. The highest BCUT2D eigenvalue weighted by molar-refractivity contribution is 5.88. The molecule has 1 atom stereocenters. The number of rotatable bonds is 6. The summed E-state index contributed by atoms with van der Waals surface area (Å²) in [7, 11) is 0. The third kappa shape index (κ3) is 7.45. The van der Waals surface area contributed by atoms with E-state index in [0.29, 0.717) is 25.2 Å². The molecule has 4 rings (SSSR count). The maximum absolute atomic E-state index is 14.7. The van der Waals surface area contributed by atoms with E-state index in [1.165, 1.54) is 27.7 Å². The quantitative estimate of drug-likeness (QED) is 0.441. The number of aliphatic hydroxyl groups is 1. The van der Waals surface area contributed by atoms with Crippen LogP contribution in [0.2, 0.25) is 0 Å². The summed E-state index contributed by atoms with van der Waals surface area (Å²) in [6.07, 6.45) is 1.98. The van der Waals surface area contributed by atoms with Crippen LogP contribution in [0.3, 0.4) is 0 Å². The van der Waals surface area contributed by atoms with Crippen LogP contribution in [-0.2, 0) is 9.47 Å². The number of piperazine rings is 1. The number of phenols is 1. The SMILES string of the molecule is CC(C)(C)OC(=O)N1CCN(CCN(C(=O)OC(C)(C)C)c2ccn3ncc(-c4cc(O)ccc4F)c3n2)[C@H](CO)C1. The predicted molar refractivity (Wildman–Crippen MR) is 154 cm³/mol. The maximum atomic E-state index is 14.7. The Kier molecular flexibility index (Phi) is 8.92. The summed E-state index contributed by atoms with van der Waals surface area (Å²) in [5.41, 5.74) is -0.671. The lowest BCUT2D eigenvalue weighted by molar-refractivity contribution is -0.00370. The Morgan fingerprint density at radius 1 is 1.07 bits per heavy atom. The molecule has 1 aromatic carbocycles. The molecule has 228 valence electrons. The topological polar surface area (TPSA) is 133 Å². The zero-order valence-electron chi connectivity index (χ0n) is 24.9. The summed E-state index contributed by atoms with van der Waals surface area (Å²) < 4.78 is 27.3. The predicted octanol–water partition coefficient (Wildman–Crippen LogP) is 3.90. The van der Waals surface area contributed by atoms with Gasteiger partial charge in [-0.2, -0.15) is 5.10 Å². The highest BCUT2D eigenvalue weighted by atomic mass is 19.1. The number of anilines is 1. The van der Waals surface area contributed by atoms with Crippen molar-refractivity contribution in [2.24, 2.45) is 0 Å². The molecule has 0 saturated carbocycles. The van der Waals surface area contributed by atoms with Crippen LogP contribution >= 0.6 is 0 Å². The molecular weight excluding hydrogens is 547 g/mol. The highest BCUT2D eigenvalue weighted by Gasteiger charge is 2.33. The van der Waals surface area contributed by atoms with Gasteiger partial charge in [-0.15, -0.1) is 0 Å². The van der Waals surface area contributed by atoms with Crippen LogP contribution < -0.4 is 4.90 Å². The van der Waals surface area contributed by atoms with Crippen molar-refractivity contribution in [3.8, 4) is 16.9 Å². The van der Waals surface area contributed by atoms with Gasteiger partial charge < -0.3 is 24.6 Å². The van der Waals surface area contributed by atoms with Gasteiger partial charge in [0.15, 0.2) is 5.65 Å². The van der Waals surface area contributed by atoms with Crippen LogP contribution in [-0.4, -0.2) is 103 Å². The van der Waals surface area contributed by atoms with E-state index in [2.05, 4.69) is 10.1 Å². The number of nitrogens with zero attached hydrogens (tertiary/aromatic N) is 6. The number of aromatic hydroxyl groups is 1. The lowest BCUT2D eigenvalue weighted by Crippen LogP contribution is -2.58. The fraction of sp³-hybridized carbons (Fsp3) is 0.517. The fourth-order valence-corrected chi connectivity index (χ4v) is 4.62. The van der Waals surface area contributed by atoms with E-state index in [9.17, 15) is 24.2 Å². The maximum Gasteiger partial charge on any atom is 0.416 e. The van der Waals surface area contributed by atoms with Gasteiger partial charge in [0, 0.05) is 50.0 Å². The number of phenolic OH excluding ortho intramolecular Hbond substituents is 1. The van der Waals surface area contributed by atoms with E-state index < -0.39 is 29.2 Å². The van der Waals surface area contributed by atoms with Gasteiger partial charge in [-0.3, -0.25) is 9.80 Å². The first-order chi connectivity index (χ1) is 19.6. The lowest BCUT2D eigenvalue weighted by Gasteiger charge is -2.41. The van der Waals surface area contributed by atoms with Crippen molar-refractivity contribution in [2.75, 3.05) is 44.2 Å². The van der Waals surface area contributed by atoms with E-state index in [-0.39, 0.29) is 48.5 Å². The Morgan fingerprint density at radius 3 is 2.45 bits per heavy atom. The molecule has 0 bridgehead atoms. The molecule has 2 amide bonds. The molecule has 3 heterocycles. The first-order valence-corrected chi connectivity index (χ1v) is 13.8. The molecule has 2 aromatic heterocycles. The number of hydrogen-bond donors (Lipinski definition) is 2. The Hall–Kier alpha value is -3.97. The molecule has 12 nitrogen and oxygen atoms in total. The molecule has 1 saturated heterocycles. The van der Waals surface area contributed by atoms with Crippen molar-refractivity contribution < 1.29 is 33.7 Å². The summed E-state index contributed by atoms with van der Waals surface area (Å²) in [5, 5.41) is 24.3. The average molecular weight is 587 g/mol. The van der Waals surface area contributed by atoms with Crippen LogP contribution in [0.15, 0.2) is 36.7 Å². The largest absolute Gasteiger partial charge is 0.508 e. The van der Waals surface area contributed by atoms with Crippen molar-refractivity contribution in [1.82, 2.24) is 24.4 Å². The van der Waals surface area contributed by atoms with Gasteiger partial charge in [0.2, 0.25) is 0 Å². The summed E-state index contributed by atoms with van der Waals surface area (Å²) in [6.45, 7) is 12.1. The van der Waals surface area contributed by atoms with E-state index in [1.807, 2.05) is 4.90 Å². The summed E-state index contributed by atoms with van der Waals surface area (Å²) in [6, 6.07) is 4.94. The number of aromatic nitrogens is 3. The molecular formula is C29H39FN6O6. The Bertz CT molecular complexity index is 1430. The molecule has 1 fully saturated rings. The second kappa shape index (κ2) is 12.1. The zero-order valence-corrected chi connectivity index (χ0v) is 24.9. The third-order valence-corrected chi connectivity index (χ3v) is 6.56. The molecule has 2 N–H and O–H groups in total. The van der Waals surface area contributed by atoms with E-state index in [0.717, 1.165) is 6.07 Å². The molecule has 1 aliphatic rings. The van der Waals surface area contributed by atoms with Crippen molar-refractivity contribution in [1.29, 1.82) is 0 Å². The van der Waals surface area contributed by atoms with Gasteiger partial charge in [-0.05, 0) is 65.8 Å². The van der Waals surface area contributed by atoms with E-state index in [1.54, 1.807) is 58.7 Å². The second-order valence-electron chi connectivity index (χ2n) is 12.2. The van der Waals surface area contributed by atoms with Crippen LogP contribution in [0, 0.1) is 5.82 Å². The minimum Gasteiger partial charge on any atom is -0.508 e. The molecule has 0 spiro atoms. The number of fused-ring (bicyclic) bond motifs is 1. The third-order valence-electron chi connectivity index (χ3n) is 6.56. The molecule has 42 heavy (non-hydrogen) atoms. The number of ether oxygens (including phenoxy) is 2. The summed E-state index contributed by atoms with van der Waals surface area (Å²) >= 11 is 0. The molecule has 0 radical (unpaired) electrons. The minimum absolute atomic E-state index is 0.109. The normalized spacial score (nSPS) is 16.5. The van der Waals surface area contributed by atoms with Gasteiger partial charge >= 0.3 is 12.2 Å². The van der Waals surface area contributed by atoms with Crippen molar-refractivity contribution in [3.05, 3.63) is 42.5 Å². The van der Waals surface area contributed by atoms with Gasteiger partial charge in [-0.25, -0.2) is 23.5 Å². The number of carbonyl (C=O) groups is 2. The summed E-state index contributed by atoms with van der Waals surface area (Å²) in [4.78, 5) is 35.6. The Morgan fingerprint density at radius 2 is 1.79 bits per heavy atom. The molecule has 0 unspecified atom stereocenters. The standard InChI is InChI=1S/C29H39FN6O6/c1-28(2,3)41-26(39)34-12-11-33(19(17-34)18-37)13-14-35(27(40)42-29(4,5)6)24-9-10-36-25(32-24)22(16-31-36)21-15-20(38)7-8-23(21)30/h7-10,15-16,19,37-38H,11-14,17-18H2,1-6H3/t19-/m0/s1. The number of halogens is 1. The van der Waals surface area contributed by atoms with Gasteiger partial charge in [-0.1, -0.05) is 0 Å². The second-order valence-corrected chi connectivity index (χ2v) is 12.2. The van der Waals surface area contributed by atoms with Gasteiger partial charge in [0.1, 0.15) is 28.6 Å². The lowest BCUT2D eigenvalue weighted by atomic mass is 10.1. The van der Waals surface area contributed by atoms with E-state index >= 15 is 0 Å². The first kappa shape index (κ1) is 31.0. The molecule has 3 aromatic rings. The van der Waals surface area contributed by atoms with Crippen molar-refractivity contribution >= 4 is 23.7 Å². The first-order valence-electron chi connectivity index (χ1n) is 13.8. The smallest absolute Gasteiger partial charge is 0.416 e. The van der Waals surface area contributed by atoms with E-state index in [4.69, 9.17) is 9.47 Å². The zero-order chi connectivity index (χ0) is 30.8. The Labute approximate surface area is 244 Å². The van der Waals surface area contributed by atoms with Crippen LogP contribution in [0.25, 0.3) is 16.8 Å². The number of aliphatic hydroxyl groups excluding tert-OH is 1. The number of benzene rings is 1. The Balaban J connectivity index is 1.59. The fourth-order valence-electron chi connectivity index (χ4n) is 4.62. The van der Waals surface area contributed by atoms with Crippen LogP contribution in [0.5, 0.6) is 5.75 Å². The monoisotopic (exact) mass is 586 g/mol. The van der Waals surface area contributed by atoms with Crippen LogP contribution in [0.1, 0.15) is 41.5 Å². The summed E-state index contributed by atoms with van der Waals surface area (Å²) in [5.74, 6) is -0.408. The number of carbonyl (C=O) groups excluding carboxylic acids is 2. The van der Waals surface area contributed by atoms with Crippen molar-refractivity contribution in [3.63, 3.8) is 0 Å². The minimum atomic E-state index is -0.779. The number of amides is 2. The molecule has 1 aliphatic heterocycles. The van der Waals surface area contributed by atoms with Crippen molar-refractivity contribution in [2.45, 2.75) is 58.8 Å². The van der Waals surface area contributed by atoms with Crippen LogP contribution in [0.4, 0.5) is 19.8 Å². The van der Waals surface area contributed by atoms with Gasteiger partial charge in [0.05, 0.1) is 18.8 Å². The molecule has 0 aliphatic carbocycles.